The van der Waals surface area contributed by atoms with Crippen molar-refractivity contribution >= 4 is 17.0 Å². The second-order valence-electron chi connectivity index (χ2n) is 1.71. The van der Waals surface area contributed by atoms with E-state index in [0.717, 1.165) is 5.70 Å². The minimum absolute atomic E-state index is 0.991. The van der Waals surface area contributed by atoms with Crippen LogP contribution in [0.15, 0.2) is 24.1 Å². The summed E-state index contributed by atoms with van der Waals surface area (Å²) in [6.45, 7) is 3.81. The predicted octanol–water partition coefficient (Wildman–Crippen LogP) is 1.94. The van der Waals surface area contributed by atoms with Gasteiger partial charge in [-0.2, -0.15) is 0 Å². The Morgan fingerprint density at radius 1 is 1.78 bits per heavy atom. The van der Waals surface area contributed by atoms with Crippen LogP contribution in [-0.4, -0.2) is 7.05 Å². The van der Waals surface area contributed by atoms with Gasteiger partial charge in [-0.05, 0) is 11.4 Å². The zero-order valence-corrected chi connectivity index (χ0v) is 6.16. The zero-order valence-electron chi connectivity index (χ0n) is 5.35. The lowest BCUT2D eigenvalue weighted by molar-refractivity contribution is 1.14. The third-order valence-electron chi connectivity index (χ3n) is 1.12. The lowest BCUT2D eigenvalue weighted by Crippen LogP contribution is -2.00. The molecule has 1 rings (SSSR count). The normalized spacial score (nSPS) is 9.00. The predicted molar refractivity (Wildman–Crippen MR) is 42.4 cm³/mol. The van der Waals surface area contributed by atoms with Crippen molar-refractivity contribution in [3.05, 3.63) is 29.0 Å². The SMILES string of the molecule is C=C(NC)c1cccs1. The summed E-state index contributed by atoms with van der Waals surface area (Å²) in [5.41, 5.74) is 0.991. The number of nitrogens with one attached hydrogen (secondary N) is 1. The van der Waals surface area contributed by atoms with Crippen molar-refractivity contribution in [1.82, 2.24) is 5.32 Å². The van der Waals surface area contributed by atoms with Crippen LogP contribution < -0.4 is 5.32 Å². The fraction of sp³-hybridized carbons (Fsp3) is 0.143. The molecule has 0 saturated carbocycles. The highest BCUT2D eigenvalue weighted by atomic mass is 32.1. The standard InChI is InChI=1S/C7H9NS/c1-6(8-2)7-4-3-5-9-7/h3-5,8H,1H2,2H3. The fourth-order valence-electron chi connectivity index (χ4n) is 0.573. The molecule has 0 aliphatic heterocycles. The molecule has 0 aromatic carbocycles. The molecule has 0 aliphatic rings. The van der Waals surface area contributed by atoms with Gasteiger partial charge < -0.3 is 5.32 Å². The zero-order chi connectivity index (χ0) is 6.69. The first kappa shape index (κ1) is 6.36. The molecule has 0 atom stereocenters. The molecule has 9 heavy (non-hydrogen) atoms. The van der Waals surface area contributed by atoms with Crippen LogP contribution in [0.1, 0.15) is 4.88 Å². The average Bonchev–Trinajstić information content (AvgIpc) is 2.37. The van der Waals surface area contributed by atoms with Gasteiger partial charge in [0.2, 0.25) is 0 Å². The molecule has 0 amide bonds. The average molecular weight is 139 g/mol. The molecule has 1 nitrogen and oxygen atoms in total. The summed E-state index contributed by atoms with van der Waals surface area (Å²) in [6.07, 6.45) is 0. The largest absolute Gasteiger partial charge is 0.387 e. The Labute approximate surface area is 59.0 Å². The molecule has 48 valence electrons. The van der Waals surface area contributed by atoms with Gasteiger partial charge in [0.25, 0.3) is 0 Å². The van der Waals surface area contributed by atoms with Crippen LogP contribution in [0.4, 0.5) is 0 Å². The maximum Gasteiger partial charge on any atom is 0.0495 e. The first-order valence-electron chi connectivity index (χ1n) is 2.75. The summed E-state index contributed by atoms with van der Waals surface area (Å²) in [5.74, 6) is 0. The molecule has 0 radical (unpaired) electrons. The van der Waals surface area contributed by atoms with E-state index in [1.165, 1.54) is 4.88 Å². The van der Waals surface area contributed by atoms with Gasteiger partial charge in [0.15, 0.2) is 0 Å². The van der Waals surface area contributed by atoms with Gasteiger partial charge in [-0.25, -0.2) is 0 Å². The highest BCUT2D eigenvalue weighted by molar-refractivity contribution is 7.11. The third-order valence-corrected chi connectivity index (χ3v) is 2.05. The van der Waals surface area contributed by atoms with Gasteiger partial charge in [-0.3, -0.25) is 0 Å². The van der Waals surface area contributed by atoms with Gasteiger partial charge >= 0.3 is 0 Å². The molecule has 0 unspecified atom stereocenters. The maximum atomic E-state index is 3.81. The van der Waals surface area contributed by atoms with Crippen LogP contribution in [0.2, 0.25) is 0 Å². The van der Waals surface area contributed by atoms with Crippen LogP contribution in [0.3, 0.4) is 0 Å². The van der Waals surface area contributed by atoms with Crippen LogP contribution in [0.5, 0.6) is 0 Å². The summed E-state index contributed by atoms with van der Waals surface area (Å²) in [6, 6.07) is 4.06. The van der Waals surface area contributed by atoms with Gasteiger partial charge in [0, 0.05) is 17.6 Å². The molecule has 0 fully saturated rings. The molecular formula is C7H9NS. The van der Waals surface area contributed by atoms with E-state index in [9.17, 15) is 0 Å². The Balaban J connectivity index is 2.77. The van der Waals surface area contributed by atoms with E-state index in [1.807, 2.05) is 24.6 Å². The minimum Gasteiger partial charge on any atom is -0.387 e. The second-order valence-corrected chi connectivity index (χ2v) is 2.65. The first-order chi connectivity index (χ1) is 4.34. The van der Waals surface area contributed by atoms with Gasteiger partial charge in [-0.15, -0.1) is 11.3 Å². The lowest BCUT2D eigenvalue weighted by atomic mass is 10.4. The van der Waals surface area contributed by atoms with Crippen LogP contribution >= 0.6 is 11.3 Å². The highest BCUT2D eigenvalue weighted by Crippen LogP contribution is 2.14. The molecule has 0 saturated heterocycles. The summed E-state index contributed by atoms with van der Waals surface area (Å²) in [5, 5.41) is 5.02. The number of hydrogen-bond acceptors (Lipinski definition) is 2. The van der Waals surface area contributed by atoms with Crippen molar-refractivity contribution in [1.29, 1.82) is 0 Å². The summed E-state index contributed by atoms with van der Waals surface area (Å²) in [7, 11) is 1.88. The molecule has 1 aromatic rings. The Kier molecular flexibility index (Phi) is 1.90. The van der Waals surface area contributed by atoms with E-state index >= 15 is 0 Å². The minimum atomic E-state index is 0.991. The van der Waals surface area contributed by atoms with Crippen molar-refractivity contribution < 1.29 is 0 Å². The van der Waals surface area contributed by atoms with E-state index in [4.69, 9.17) is 0 Å². The van der Waals surface area contributed by atoms with Crippen LogP contribution in [-0.2, 0) is 0 Å². The smallest absolute Gasteiger partial charge is 0.0495 e. The Bertz CT molecular complexity index is 189. The van der Waals surface area contributed by atoms with Gasteiger partial charge in [-0.1, -0.05) is 12.6 Å². The monoisotopic (exact) mass is 139 g/mol. The van der Waals surface area contributed by atoms with E-state index < -0.39 is 0 Å². The molecule has 1 N–H and O–H groups in total. The van der Waals surface area contributed by atoms with Crippen molar-refractivity contribution in [3.63, 3.8) is 0 Å². The third kappa shape index (κ3) is 1.33. The highest BCUT2D eigenvalue weighted by Gasteiger charge is 1.93. The fourth-order valence-corrected chi connectivity index (χ4v) is 1.28. The quantitative estimate of drug-likeness (QED) is 0.660. The van der Waals surface area contributed by atoms with E-state index in [-0.39, 0.29) is 0 Å². The summed E-state index contributed by atoms with van der Waals surface area (Å²) >= 11 is 1.69. The molecule has 1 heterocycles. The van der Waals surface area contributed by atoms with Gasteiger partial charge in [0.1, 0.15) is 0 Å². The molecule has 2 heteroatoms. The molecule has 0 spiro atoms. The molecule has 1 aromatic heterocycles. The number of hydrogen-bond donors (Lipinski definition) is 1. The summed E-state index contributed by atoms with van der Waals surface area (Å²) < 4.78 is 0. The van der Waals surface area contributed by atoms with E-state index in [1.54, 1.807) is 11.3 Å². The number of thiophene rings is 1. The summed E-state index contributed by atoms with van der Waals surface area (Å²) in [4.78, 5) is 1.21. The van der Waals surface area contributed by atoms with Crippen molar-refractivity contribution in [2.75, 3.05) is 7.05 Å². The van der Waals surface area contributed by atoms with Gasteiger partial charge in [0.05, 0.1) is 0 Å². The number of rotatable bonds is 2. The Morgan fingerprint density at radius 3 is 3.00 bits per heavy atom. The van der Waals surface area contributed by atoms with Crippen LogP contribution in [0, 0.1) is 0 Å². The lowest BCUT2D eigenvalue weighted by Gasteiger charge is -1.97. The van der Waals surface area contributed by atoms with E-state index in [2.05, 4.69) is 11.9 Å². The molecular weight excluding hydrogens is 130 g/mol. The van der Waals surface area contributed by atoms with Crippen LogP contribution in [0.25, 0.3) is 5.70 Å². The maximum absolute atomic E-state index is 3.81. The Morgan fingerprint density at radius 2 is 2.56 bits per heavy atom. The Hall–Kier alpha value is -0.760. The second kappa shape index (κ2) is 2.69. The first-order valence-corrected chi connectivity index (χ1v) is 3.63. The van der Waals surface area contributed by atoms with Crippen molar-refractivity contribution in [3.8, 4) is 0 Å². The molecule has 0 bridgehead atoms. The molecule has 0 aliphatic carbocycles. The topological polar surface area (TPSA) is 12.0 Å². The van der Waals surface area contributed by atoms with Crippen molar-refractivity contribution in [2.45, 2.75) is 0 Å². The van der Waals surface area contributed by atoms with E-state index in [0.29, 0.717) is 0 Å². The van der Waals surface area contributed by atoms with Crippen molar-refractivity contribution in [2.24, 2.45) is 0 Å².